The van der Waals surface area contributed by atoms with Crippen LogP contribution in [0.3, 0.4) is 0 Å². The maximum Gasteiger partial charge on any atom is 0.313 e. The lowest BCUT2D eigenvalue weighted by atomic mass is 10.0. The van der Waals surface area contributed by atoms with E-state index in [9.17, 15) is 9.59 Å². The largest absolute Gasteiger partial charge is 0.465 e. The summed E-state index contributed by atoms with van der Waals surface area (Å²) in [5, 5.41) is 0. The number of carbonyl (C=O) groups is 2. The monoisotopic (exact) mass is 290 g/mol. The number of hydrogen-bond acceptors (Lipinski definition) is 3. The van der Waals surface area contributed by atoms with Crippen LogP contribution in [0.5, 0.6) is 0 Å². The minimum Gasteiger partial charge on any atom is -0.465 e. The highest BCUT2D eigenvalue weighted by atomic mass is 16.5. The number of ether oxygens (including phenoxy) is 1. The van der Waals surface area contributed by atoms with E-state index in [0.717, 1.165) is 31.2 Å². The van der Waals surface area contributed by atoms with Crippen LogP contribution in [0.15, 0.2) is 24.3 Å². The van der Waals surface area contributed by atoms with Gasteiger partial charge in [-0.15, -0.1) is 0 Å². The van der Waals surface area contributed by atoms with Crippen molar-refractivity contribution in [2.45, 2.75) is 52.9 Å². The molecule has 0 heterocycles. The van der Waals surface area contributed by atoms with Crippen LogP contribution in [0.4, 0.5) is 0 Å². The summed E-state index contributed by atoms with van der Waals surface area (Å²) in [6.07, 6.45) is 4.20. The number of unbranched alkanes of at least 4 members (excludes halogenated alkanes) is 1. The molecule has 21 heavy (non-hydrogen) atoms. The fraction of sp³-hybridized carbons (Fsp3) is 0.556. The van der Waals surface area contributed by atoms with Crippen LogP contribution in [-0.4, -0.2) is 18.4 Å². The summed E-state index contributed by atoms with van der Waals surface area (Å²) in [6.45, 7) is 6.64. The molecule has 0 aromatic heterocycles. The molecule has 0 amide bonds. The molecular weight excluding hydrogens is 264 g/mol. The summed E-state index contributed by atoms with van der Waals surface area (Å²) in [5.74, 6) is -0.194. The molecular formula is C18H26O3. The Morgan fingerprint density at radius 2 is 1.81 bits per heavy atom. The second-order valence-corrected chi connectivity index (χ2v) is 5.57. The van der Waals surface area contributed by atoms with Gasteiger partial charge in [0, 0.05) is 5.56 Å². The predicted octanol–water partition coefficient (Wildman–Crippen LogP) is 4.33. The Morgan fingerprint density at radius 3 is 2.38 bits per heavy atom. The lowest BCUT2D eigenvalue weighted by molar-refractivity contribution is -0.144. The summed E-state index contributed by atoms with van der Waals surface area (Å²) in [7, 11) is 0. The Morgan fingerprint density at radius 1 is 1.14 bits per heavy atom. The van der Waals surface area contributed by atoms with Crippen LogP contribution in [0, 0.1) is 12.8 Å². The zero-order valence-corrected chi connectivity index (χ0v) is 13.4. The molecule has 1 aromatic rings. The van der Waals surface area contributed by atoms with Gasteiger partial charge >= 0.3 is 5.97 Å². The molecule has 1 atom stereocenters. The van der Waals surface area contributed by atoms with Crippen molar-refractivity contribution in [1.82, 2.24) is 0 Å². The first-order valence-corrected chi connectivity index (χ1v) is 7.82. The SMILES string of the molecule is CCCCC(CC)COC(=O)CC(=O)c1ccc(C)cc1. The van der Waals surface area contributed by atoms with Crippen molar-refractivity contribution in [2.75, 3.05) is 6.61 Å². The normalized spacial score (nSPS) is 12.0. The first kappa shape index (κ1) is 17.4. The van der Waals surface area contributed by atoms with E-state index in [2.05, 4.69) is 13.8 Å². The van der Waals surface area contributed by atoms with Gasteiger partial charge in [-0.3, -0.25) is 9.59 Å². The van der Waals surface area contributed by atoms with Crippen molar-refractivity contribution in [3.05, 3.63) is 35.4 Å². The van der Waals surface area contributed by atoms with E-state index in [1.807, 2.05) is 19.1 Å². The summed E-state index contributed by atoms with van der Waals surface area (Å²) in [5.41, 5.74) is 1.66. The highest BCUT2D eigenvalue weighted by molar-refractivity contribution is 6.05. The number of ketones is 1. The van der Waals surface area contributed by atoms with Crippen LogP contribution >= 0.6 is 0 Å². The van der Waals surface area contributed by atoms with Crippen LogP contribution < -0.4 is 0 Å². The molecule has 1 unspecified atom stereocenters. The molecule has 3 heteroatoms. The summed E-state index contributed by atoms with van der Waals surface area (Å²) in [6, 6.07) is 7.24. The number of esters is 1. The molecule has 0 bridgehead atoms. The van der Waals surface area contributed by atoms with Crippen molar-refractivity contribution >= 4 is 11.8 Å². The van der Waals surface area contributed by atoms with Gasteiger partial charge in [-0.05, 0) is 19.3 Å². The lowest BCUT2D eigenvalue weighted by Gasteiger charge is -2.14. The van der Waals surface area contributed by atoms with E-state index < -0.39 is 5.97 Å². The zero-order valence-electron chi connectivity index (χ0n) is 13.4. The van der Waals surface area contributed by atoms with Gasteiger partial charge in [0.2, 0.25) is 0 Å². The first-order chi connectivity index (χ1) is 10.1. The van der Waals surface area contributed by atoms with Crippen LogP contribution in [0.1, 0.15) is 61.9 Å². The van der Waals surface area contributed by atoms with E-state index >= 15 is 0 Å². The number of aryl methyl sites for hydroxylation is 1. The highest BCUT2D eigenvalue weighted by Crippen LogP contribution is 2.13. The molecule has 0 radical (unpaired) electrons. The van der Waals surface area contributed by atoms with Gasteiger partial charge in [0.05, 0.1) is 6.61 Å². The third-order valence-corrected chi connectivity index (χ3v) is 3.70. The van der Waals surface area contributed by atoms with Gasteiger partial charge in [-0.2, -0.15) is 0 Å². The van der Waals surface area contributed by atoms with Gasteiger partial charge in [0.15, 0.2) is 5.78 Å². The Hall–Kier alpha value is -1.64. The van der Waals surface area contributed by atoms with Crippen molar-refractivity contribution in [3.63, 3.8) is 0 Å². The van der Waals surface area contributed by atoms with Gasteiger partial charge in [-0.1, -0.05) is 62.9 Å². The molecule has 1 aromatic carbocycles. The van der Waals surface area contributed by atoms with Gasteiger partial charge in [0.1, 0.15) is 6.42 Å². The van der Waals surface area contributed by atoms with Crippen LogP contribution in [0.25, 0.3) is 0 Å². The van der Waals surface area contributed by atoms with Gasteiger partial charge in [-0.25, -0.2) is 0 Å². The number of rotatable bonds is 9. The second-order valence-electron chi connectivity index (χ2n) is 5.57. The van der Waals surface area contributed by atoms with Crippen molar-refractivity contribution in [2.24, 2.45) is 5.92 Å². The summed E-state index contributed by atoms with van der Waals surface area (Å²) < 4.78 is 5.25. The fourth-order valence-corrected chi connectivity index (χ4v) is 2.13. The van der Waals surface area contributed by atoms with E-state index in [1.54, 1.807) is 12.1 Å². The molecule has 0 fully saturated rings. The maximum atomic E-state index is 12.0. The quantitative estimate of drug-likeness (QED) is 0.386. The molecule has 0 spiro atoms. The van der Waals surface area contributed by atoms with Crippen LogP contribution in [-0.2, 0) is 9.53 Å². The fourth-order valence-electron chi connectivity index (χ4n) is 2.13. The molecule has 0 saturated carbocycles. The molecule has 0 N–H and O–H groups in total. The molecule has 1 rings (SSSR count). The Kier molecular flexibility index (Phi) is 7.73. The molecule has 3 nitrogen and oxygen atoms in total. The van der Waals surface area contributed by atoms with Gasteiger partial charge in [0.25, 0.3) is 0 Å². The van der Waals surface area contributed by atoms with E-state index in [-0.39, 0.29) is 12.2 Å². The van der Waals surface area contributed by atoms with Gasteiger partial charge < -0.3 is 4.74 Å². The maximum absolute atomic E-state index is 12.0. The highest BCUT2D eigenvalue weighted by Gasteiger charge is 2.15. The molecule has 0 saturated heterocycles. The van der Waals surface area contributed by atoms with Crippen molar-refractivity contribution in [3.8, 4) is 0 Å². The molecule has 0 aliphatic rings. The minimum atomic E-state index is -0.421. The third kappa shape index (κ3) is 6.56. The van der Waals surface area contributed by atoms with E-state index in [1.165, 1.54) is 0 Å². The summed E-state index contributed by atoms with van der Waals surface area (Å²) in [4.78, 5) is 23.7. The van der Waals surface area contributed by atoms with Crippen LogP contribution in [0.2, 0.25) is 0 Å². The standard InChI is InChI=1S/C18H26O3/c1-4-6-7-15(5-2)13-21-18(20)12-17(19)16-10-8-14(3)9-11-16/h8-11,15H,4-7,12-13H2,1-3H3. The second kappa shape index (κ2) is 9.32. The van der Waals surface area contributed by atoms with E-state index in [4.69, 9.17) is 4.74 Å². The topological polar surface area (TPSA) is 43.4 Å². The molecule has 116 valence electrons. The molecule has 0 aliphatic carbocycles. The third-order valence-electron chi connectivity index (χ3n) is 3.70. The van der Waals surface area contributed by atoms with Crippen molar-refractivity contribution < 1.29 is 14.3 Å². The average Bonchev–Trinajstić information content (AvgIpc) is 2.48. The molecule has 0 aliphatic heterocycles. The number of benzene rings is 1. The number of hydrogen-bond donors (Lipinski definition) is 0. The Balaban J connectivity index is 2.39. The first-order valence-electron chi connectivity index (χ1n) is 7.82. The smallest absolute Gasteiger partial charge is 0.313 e. The lowest BCUT2D eigenvalue weighted by Crippen LogP contribution is -2.16. The Labute approximate surface area is 127 Å². The Bertz CT molecular complexity index is 448. The van der Waals surface area contributed by atoms with Crippen molar-refractivity contribution in [1.29, 1.82) is 0 Å². The average molecular weight is 290 g/mol. The predicted molar refractivity (Wildman–Crippen MR) is 84.4 cm³/mol. The van der Waals surface area contributed by atoms with E-state index in [0.29, 0.717) is 18.1 Å². The minimum absolute atomic E-state index is 0.173. The number of carbonyl (C=O) groups excluding carboxylic acids is 2. The summed E-state index contributed by atoms with van der Waals surface area (Å²) >= 11 is 0. The number of Topliss-reactive ketones (excluding diaryl/α,β-unsaturated/α-hetero) is 1. The zero-order chi connectivity index (χ0) is 15.7.